The smallest absolute Gasteiger partial charge is 0.543 e. The second-order valence-corrected chi connectivity index (χ2v) is 6.53. The molecule has 1 saturated heterocycles. The number of fused-ring (bicyclic) bond motifs is 1. The molecule has 0 aromatic carbocycles. The van der Waals surface area contributed by atoms with Crippen molar-refractivity contribution in [3.63, 3.8) is 0 Å². The summed E-state index contributed by atoms with van der Waals surface area (Å²) in [5.41, 5.74) is -0.371. The molecule has 0 unspecified atom stereocenters. The number of aliphatic carboxylic acids is 1. The van der Waals surface area contributed by atoms with E-state index in [1.807, 2.05) is 0 Å². The Kier molecular flexibility index (Phi) is 6.80. The summed E-state index contributed by atoms with van der Waals surface area (Å²) in [6.07, 6.45) is 2.25. The Morgan fingerprint density at radius 1 is 1.58 bits per heavy atom. The first-order chi connectivity index (χ1) is 12.0. The first kappa shape index (κ1) is 20.8. The van der Waals surface area contributed by atoms with Gasteiger partial charge < -0.3 is 19.2 Å². The van der Waals surface area contributed by atoms with Gasteiger partial charge in [0.1, 0.15) is 24.7 Å². The van der Waals surface area contributed by atoms with E-state index in [1.165, 1.54) is 31.2 Å². The number of halogens is 1. The quantitative estimate of drug-likeness (QED) is 0.218. The SMILES string of the molecule is CON=CC(=O)N(c1ccco1)[C@@H]1C(=O)N2C(C(=O)[O-])=C(Cl)CS[C@H]12.[Na+]. The topological polar surface area (TPSA) is 115 Å². The van der Waals surface area contributed by atoms with Crippen molar-refractivity contribution in [1.82, 2.24) is 4.90 Å². The monoisotopic (exact) mass is 407 g/mol. The number of rotatable bonds is 5. The molecule has 26 heavy (non-hydrogen) atoms. The summed E-state index contributed by atoms with van der Waals surface area (Å²) in [4.78, 5) is 42.9. The zero-order chi connectivity index (χ0) is 18.1. The van der Waals surface area contributed by atoms with E-state index in [4.69, 9.17) is 16.0 Å². The molecule has 1 fully saturated rings. The predicted octanol–water partition coefficient (Wildman–Crippen LogP) is -3.27. The number of anilines is 1. The average Bonchev–Trinajstić information content (AvgIpc) is 3.10. The second kappa shape index (κ2) is 8.49. The van der Waals surface area contributed by atoms with Crippen molar-refractivity contribution in [2.75, 3.05) is 17.8 Å². The number of carboxylic acid groups (broad SMARTS) is 1. The van der Waals surface area contributed by atoms with Gasteiger partial charge in [-0.2, -0.15) is 0 Å². The van der Waals surface area contributed by atoms with E-state index in [0.29, 0.717) is 0 Å². The third-order valence-corrected chi connectivity index (χ3v) is 5.35. The van der Waals surface area contributed by atoms with Crippen LogP contribution in [-0.2, 0) is 19.2 Å². The first-order valence-corrected chi connectivity index (χ1v) is 8.38. The van der Waals surface area contributed by atoms with Gasteiger partial charge in [-0.1, -0.05) is 16.8 Å². The van der Waals surface area contributed by atoms with Crippen molar-refractivity contribution >= 4 is 53.2 Å². The van der Waals surface area contributed by atoms with Crippen LogP contribution in [0, 0.1) is 0 Å². The van der Waals surface area contributed by atoms with Gasteiger partial charge in [-0.25, -0.2) is 0 Å². The van der Waals surface area contributed by atoms with Crippen molar-refractivity contribution in [2.24, 2.45) is 5.16 Å². The number of carboxylic acids is 1. The van der Waals surface area contributed by atoms with Gasteiger partial charge in [-0.15, -0.1) is 11.8 Å². The molecule has 0 radical (unpaired) electrons. The van der Waals surface area contributed by atoms with E-state index >= 15 is 0 Å². The van der Waals surface area contributed by atoms with Crippen LogP contribution in [0.15, 0.2) is 38.7 Å². The minimum Gasteiger partial charge on any atom is -0.543 e. The normalized spacial score (nSPS) is 21.8. The second-order valence-electron chi connectivity index (χ2n) is 4.97. The first-order valence-electron chi connectivity index (χ1n) is 6.95. The Labute approximate surface area is 179 Å². The summed E-state index contributed by atoms with van der Waals surface area (Å²) in [6, 6.07) is 2.09. The Bertz CT molecular complexity index is 784. The van der Waals surface area contributed by atoms with Gasteiger partial charge >= 0.3 is 29.6 Å². The van der Waals surface area contributed by atoms with Crippen LogP contribution in [0.2, 0.25) is 0 Å². The van der Waals surface area contributed by atoms with Gasteiger partial charge in [0.25, 0.3) is 11.8 Å². The van der Waals surface area contributed by atoms with Crippen molar-refractivity contribution in [3.8, 4) is 0 Å². The Morgan fingerprint density at radius 2 is 2.31 bits per heavy atom. The molecule has 0 bridgehead atoms. The number of furan rings is 1. The molecule has 0 saturated carbocycles. The molecule has 9 nitrogen and oxygen atoms in total. The summed E-state index contributed by atoms with van der Waals surface area (Å²) >= 11 is 7.14. The molecular formula is C14H11ClN3NaO6S. The molecule has 2 aliphatic heterocycles. The number of hydrogen-bond acceptors (Lipinski definition) is 8. The standard InChI is InChI=1S/C14H12ClN3O6S.Na/c1-23-16-5-8(19)17(9-3-2-4-24-9)11-12(20)18-10(14(21)22)7(15)6-25-13(11)18;/h2-5,11,13H,6H2,1H3,(H,21,22);/q;+1/p-1/t11-,13-;/m1./s1. The summed E-state index contributed by atoms with van der Waals surface area (Å²) < 4.78 is 5.23. The van der Waals surface area contributed by atoms with Crippen molar-refractivity contribution in [2.45, 2.75) is 11.4 Å². The summed E-state index contributed by atoms with van der Waals surface area (Å²) in [5, 5.41) is 14.1. The fourth-order valence-corrected chi connectivity index (χ4v) is 4.20. The zero-order valence-corrected chi connectivity index (χ0v) is 17.3. The van der Waals surface area contributed by atoms with Crippen LogP contribution in [0.25, 0.3) is 0 Å². The maximum atomic E-state index is 12.6. The number of carbonyl (C=O) groups excluding carboxylic acids is 3. The molecule has 0 spiro atoms. The molecule has 1 aromatic heterocycles. The van der Waals surface area contributed by atoms with E-state index in [0.717, 1.165) is 16.0 Å². The summed E-state index contributed by atoms with van der Waals surface area (Å²) in [5.74, 6) is -2.49. The maximum absolute atomic E-state index is 12.6. The number of β-lactam (4-membered cyclic amide) rings is 1. The van der Waals surface area contributed by atoms with Gasteiger partial charge in [-0.05, 0) is 6.07 Å². The van der Waals surface area contributed by atoms with Crippen LogP contribution >= 0.6 is 23.4 Å². The Hall–Kier alpha value is -1.46. The van der Waals surface area contributed by atoms with E-state index in [1.54, 1.807) is 6.07 Å². The minimum absolute atomic E-state index is 0. The third-order valence-electron chi connectivity index (χ3n) is 3.61. The zero-order valence-electron chi connectivity index (χ0n) is 13.7. The van der Waals surface area contributed by atoms with Gasteiger partial charge in [0.15, 0.2) is 0 Å². The van der Waals surface area contributed by atoms with Crippen LogP contribution in [0.1, 0.15) is 0 Å². The molecular weight excluding hydrogens is 397 g/mol. The fraction of sp³-hybridized carbons (Fsp3) is 0.286. The van der Waals surface area contributed by atoms with Crippen molar-refractivity contribution < 1.29 is 58.3 Å². The third kappa shape index (κ3) is 3.52. The van der Waals surface area contributed by atoms with Crippen molar-refractivity contribution in [3.05, 3.63) is 29.1 Å². The van der Waals surface area contributed by atoms with E-state index < -0.39 is 29.2 Å². The Balaban J connectivity index is 0.00000243. The molecule has 2 amide bonds. The molecule has 0 aliphatic carbocycles. The predicted molar refractivity (Wildman–Crippen MR) is 86.5 cm³/mol. The van der Waals surface area contributed by atoms with E-state index in [9.17, 15) is 19.5 Å². The molecule has 2 atom stereocenters. The summed E-state index contributed by atoms with van der Waals surface area (Å²) in [7, 11) is 1.27. The Morgan fingerprint density at radius 3 is 2.88 bits per heavy atom. The van der Waals surface area contributed by atoms with Crippen LogP contribution in [0.4, 0.5) is 5.88 Å². The molecule has 2 aliphatic rings. The number of thioether (sulfide) groups is 1. The molecule has 132 valence electrons. The minimum atomic E-state index is -1.54. The van der Waals surface area contributed by atoms with Crippen LogP contribution in [-0.4, -0.2) is 53.2 Å². The number of carbonyl (C=O) groups is 3. The maximum Gasteiger partial charge on any atom is 1.00 e. The van der Waals surface area contributed by atoms with Gasteiger partial charge in [0.2, 0.25) is 5.88 Å². The largest absolute Gasteiger partial charge is 1.00 e. The fourth-order valence-electron chi connectivity index (χ4n) is 2.61. The molecule has 1 aromatic rings. The molecule has 12 heteroatoms. The number of amides is 2. The number of nitrogens with zero attached hydrogens (tertiary/aromatic N) is 3. The summed E-state index contributed by atoms with van der Waals surface area (Å²) in [6.45, 7) is 0. The molecule has 3 heterocycles. The van der Waals surface area contributed by atoms with Gasteiger partial charge in [-0.3, -0.25) is 19.4 Å². The molecule has 0 N–H and O–H groups in total. The van der Waals surface area contributed by atoms with Crippen LogP contribution < -0.4 is 39.6 Å². The van der Waals surface area contributed by atoms with E-state index in [2.05, 4.69) is 9.99 Å². The van der Waals surface area contributed by atoms with E-state index in [-0.39, 0.29) is 51.9 Å². The number of oxime groups is 1. The molecule has 3 rings (SSSR count). The van der Waals surface area contributed by atoms with Gasteiger partial charge in [0.05, 0.1) is 23.0 Å². The van der Waals surface area contributed by atoms with Crippen molar-refractivity contribution in [1.29, 1.82) is 0 Å². The van der Waals surface area contributed by atoms with Gasteiger partial charge in [0, 0.05) is 11.8 Å². The average molecular weight is 408 g/mol. The number of hydrogen-bond donors (Lipinski definition) is 0. The van der Waals surface area contributed by atoms with Crippen LogP contribution in [0.3, 0.4) is 0 Å². The van der Waals surface area contributed by atoms with Crippen LogP contribution in [0.5, 0.6) is 0 Å².